The monoisotopic (exact) mass is 236 g/mol. The van der Waals surface area contributed by atoms with Gasteiger partial charge in [-0.2, -0.15) is 0 Å². The lowest BCUT2D eigenvalue weighted by Crippen LogP contribution is -1.88. The number of furan rings is 1. The molecule has 0 bridgehead atoms. The minimum atomic E-state index is 0.518. The maximum atomic E-state index is 5.82. The topological polar surface area (TPSA) is 22.4 Å². The molecule has 0 aliphatic rings. The van der Waals surface area contributed by atoms with Gasteiger partial charge in [-0.05, 0) is 43.3 Å². The second kappa shape index (κ2) is 5.19. The van der Waals surface area contributed by atoms with Crippen LogP contribution in [-0.2, 0) is 11.3 Å². The molecule has 16 heavy (non-hydrogen) atoms. The average Bonchev–Trinajstić information content (AvgIpc) is 2.76. The Morgan fingerprint density at radius 1 is 1.12 bits per heavy atom. The van der Waals surface area contributed by atoms with Gasteiger partial charge in [0.25, 0.3) is 0 Å². The van der Waals surface area contributed by atoms with E-state index in [1.807, 2.05) is 43.3 Å². The summed E-state index contributed by atoms with van der Waals surface area (Å²) >= 11 is 5.82. The predicted octanol–water partition coefficient (Wildman–Crippen LogP) is 4.14. The highest BCUT2D eigenvalue weighted by Crippen LogP contribution is 2.23. The number of rotatable bonds is 4. The Balaban J connectivity index is 2.15. The van der Waals surface area contributed by atoms with Crippen LogP contribution in [0.5, 0.6) is 0 Å². The molecule has 0 unspecified atom stereocenters. The van der Waals surface area contributed by atoms with Crippen molar-refractivity contribution < 1.29 is 9.15 Å². The fraction of sp³-hybridized carbons (Fsp3) is 0.231. The van der Waals surface area contributed by atoms with Crippen molar-refractivity contribution in [2.24, 2.45) is 0 Å². The maximum absolute atomic E-state index is 5.82. The zero-order valence-electron chi connectivity index (χ0n) is 9.07. The van der Waals surface area contributed by atoms with Crippen LogP contribution in [0, 0.1) is 0 Å². The van der Waals surface area contributed by atoms with E-state index >= 15 is 0 Å². The molecule has 2 nitrogen and oxygen atoms in total. The van der Waals surface area contributed by atoms with E-state index in [4.69, 9.17) is 20.8 Å². The summed E-state index contributed by atoms with van der Waals surface area (Å²) in [5.41, 5.74) is 1.02. The first-order valence-electron chi connectivity index (χ1n) is 5.22. The largest absolute Gasteiger partial charge is 0.459 e. The number of halogens is 1. The van der Waals surface area contributed by atoms with Gasteiger partial charge in [0.05, 0.1) is 0 Å². The minimum Gasteiger partial charge on any atom is -0.459 e. The molecule has 0 N–H and O–H groups in total. The summed E-state index contributed by atoms with van der Waals surface area (Å²) in [6.07, 6.45) is 0. The van der Waals surface area contributed by atoms with E-state index in [-0.39, 0.29) is 0 Å². The highest BCUT2D eigenvalue weighted by atomic mass is 35.5. The van der Waals surface area contributed by atoms with Crippen LogP contribution in [0.25, 0.3) is 11.3 Å². The Morgan fingerprint density at radius 3 is 2.56 bits per heavy atom. The molecule has 0 atom stereocenters. The molecule has 1 heterocycles. The summed E-state index contributed by atoms with van der Waals surface area (Å²) in [6, 6.07) is 11.4. The smallest absolute Gasteiger partial charge is 0.134 e. The van der Waals surface area contributed by atoms with Crippen LogP contribution in [0.2, 0.25) is 5.02 Å². The molecule has 0 saturated carbocycles. The second-order valence-corrected chi connectivity index (χ2v) is 3.85. The minimum absolute atomic E-state index is 0.518. The van der Waals surface area contributed by atoms with Gasteiger partial charge in [0.1, 0.15) is 18.1 Å². The van der Waals surface area contributed by atoms with Crippen molar-refractivity contribution in [1.82, 2.24) is 0 Å². The van der Waals surface area contributed by atoms with Gasteiger partial charge in [0, 0.05) is 17.2 Å². The van der Waals surface area contributed by atoms with E-state index in [1.165, 1.54) is 0 Å². The van der Waals surface area contributed by atoms with Gasteiger partial charge < -0.3 is 9.15 Å². The fourth-order valence-electron chi connectivity index (χ4n) is 1.43. The van der Waals surface area contributed by atoms with Crippen molar-refractivity contribution in [2.75, 3.05) is 6.61 Å². The molecule has 0 radical (unpaired) electrons. The quantitative estimate of drug-likeness (QED) is 0.796. The second-order valence-electron chi connectivity index (χ2n) is 3.41. The van der Waals surface area contributed by atoms with Crippen molar-refractivity contribution >= 4 is 11.6 Å². The number of benzene rings is 1. The normalized spacial score (nSPS) is 10.6. The lowest BCUT2D eigenvalue weighted by Gasteiger charge is -1.98. The summed E-state index contributed by atoms with van der Waals surface area (Å²) in [5, 5.41) is 0.727. The van der Waals surface area contributed by atoms with Crippen LogP contribution in [0.1, 0.15) is 12.7 Å². The van der Waals surface area contributed by atoms with E-state index in [0.29, 0.717) is 13.2 Å². The third-order valence-electron chi connectivity index (χ3n) is 2.24. The first kappa shape index (κ1) is 11.2. The van der Waals surface area contributed by atoms with Crippen LogP contribution in [0.3, 0.4) is 0 Å². The van der Waals surface area contributed by atoms with Crippen LogP contribution < -0.4 is 0 Å². The molecular weight excluding hydrogens is 224 g/mol. The van der Waals surface area contributed by atoms with Crippen LogP contribution in [0.4, 0.5) is 0 Å². The lowest BCUT2D eigenvalue weighted by molar-refractivity contribution is 0.119. The molecule has 0 amide bonds. The zero-order chi connectivity index (χ0) is 11.4. The molecule has 2 rings (SSSR count). The van der Waals surface area contributed by atoms with Gasteiger partial charge in [-0.1, -0.05) is 11.6 Å². The highest BCUT2D eigenvalue weighted by molar-refractivity contribution is 6.30. The van der Waals surface area contributed by atoms with E-state index < -0.39 is 0 Å². The van der Waals surface area contributed by atoms with Crippen LogP contribution in [-0.4, -0.2) is 6.61 Å². The molecule has 84 valence electrons. The molecule has 0 spiro atoms. The van der Waals surface area contributed by atoms with Crippen molar-refractivity contribution in [3.63, 3.8) is 0 Å². The fourth-order valence-corrected chi connectivity index (χ4v) is 1.55. The molecule has 3 heteroatoms. The molecular formula is C13H13ClO2. The Kier molecular flexibility index (Phi) is 3.65. The molecule has 2 aromatic rings. The van der Waals surface area contributed by atoms with Gasteiger partial charge in [-0.25, -0.2) is 0 Å². The SMILES string of the molecule is CCOCc1ccc(-c2ccc(Cl)cc2)o1. The van der Waals surface area contributed by atoms with Gasteiger partial charge in [0.2, 0.25) is 0 Å². The Labute approximate surface area is 99.8 Å². The zero-order valence-corrected chi connectivity index (χ0v) is 9.83. The molecule has 0 aliphatic carbocycles. The maximum Gasteiger partial charge on any atom is 0.134 e. The standard InChI is InChI=1S/C13H13ClO2/c1-2-15-9-12-7-8-13(16-12)10-3-5-11(14)6-4-10/h3-8H,2,9H2,1H3. The molecule has 0 fully saturated rings. The first-order valence-corrected chi connectivity index (χ1v) is 5.60. The molecule has 0 saturated heterocycles. The Morgan fingerprint density at radius 2 is 1.88 bits per heavy atom. The molecule has 1 aromatic carbocycles. The van der Waals surface area contributed by atoms with Gasteiger partial charge >= 0.3 is 0 Å². The van der Waals surface area contributed by atoms with Crippen molar-refractivity contribution in [3.05, 3.63) is 47.2 Å². The molecule has 0 aliphatic heterocycles. The van der Waals surface area contributed by atoms with Crippen molar-refractivity contribution in [3.8, 4) is 11.3 Å². The van der Waals surface area contributed by atoms with Gasteiger partial charge in [-0.3, -0.25) is 0 Å². The van der Waals surface area contributed by atoms with Crippen LogP contribution in [0.15, 0.2) is 40.8 Å². The third kappa shape index (κ3) is 2.65. The highest BCUT2D eigenvalue weighted by Gasteiger charge is 2.04. The van der Waals surface area contributed by atoms with E-state index in [2.05, 4.69) is 0 Å². The van der Waals surface area contributed by atoms with E-state index in [9.17, 15) is 0 Å². The third-order valence-corrected chi connectivity index (χ3v) is 2.49. The summed E-state index contributed by atoms with van der Waals surface area (Å²) in [7, 11) is 0. The first-order chi connectivity index (χ1) is 7.79. The summed E-state index contributed by atoms with van der Waals surface area (Å²) < 4.78 is 10.9. The summed E-state index contributed by atoms with van der Waals surface area (Å²) in [6.45, 7) is 3.17. The summed E-state index contributed by atoms with van der Waals surface area (Å²) in [4.78, 5) is 0. The van der Waals surface area contributed by atoms with E-state index in [1.54, 1.807) is 0 Å². The number of hydrogen-bond acceptors (Lipinski definition) is 2. The molecule has 1 aromatic heterocycles. The van der Waals surface area contributed by atoms with Crippen molar-refractivity contribution in [1.29, 1.82) is 0 Å². The number of ether oxygens (including phenoxy) is 1. The summed E-state index contributed by atoms with van der Waals surface area (Å²) in [5.74, 6) is 1.68. The Hall–Kier alpha value is -1.25. The lowest BCUT2D eigenvalue weighted by atomic mass is 10.2. The van der Waals surface area contributed by atoms with Crippen LogP contribution >= 0.6 is 11.6 Å². The van der Waals surface area contributed by atoms with Gasteiger partial charge in [0.15, 0.2) is 0 Å². The van der Waals surface area contributed by atoms with E-state index in [0.717, 1.165) is 22.1 Å². The predicted molar refractivity (Wildman–Crippen MR) is 64.5 cm³/mol. The Bertz CT molecular complexity index is 445. The van der Waals surface area contributed by atoms with Gasteiger partial charge in [-0.15, -0.1) is 0 Å². The van der Waals surface area contributed by atoms with Crippen molar-refractivity contribution in [2.45, 2.75) is 13.5 Å². The number of hydrogen-bond donors (Lipinski definition) is 0. The average molecular weight is 237 g/mol.